The van der Waals surface area contributed by atoms with E-state index in [1.54, 1.807) is 12.4 Å². The average molecular weight is 247 g/mol. The molecular formula is C14H21N3O. The van der Waals surface area contributed by atoms with Crippen molar-refractivity contribution in [3.63, 3.8) is 0 Å². The summed E-state index contributed by atoms with van der Waals surface area (Å²) in [6.07, 6.45) is 5.77. The fourth-order valence-electron chi connectivity index (χ4n) is 2.21. The molecule has 0 bridgehead atoms. The lowest BCUT2D eigenvalue weighted by Crippen LogP contribution is -2.54. The van der Waals surface area contributed by atoms with Crippen molar-refractivity contribution < 1.29 is 4.79 Å². The third-order valence-corrected chi connectivity index (χ3v) is 3.89. The molecule has 4 heteroatoms. The van der Waals surface area contributed by atoms with Gasteiger partial charge in [0.1, 0.15) is 0 Å². The minimum absolute atomic E-state index is 0.0304. The Hall–Kier alpha value is -1.42. The standard InChI is InChI=1S/C14H21N3O/c1-10(11-4-3-7-16-8-11)13(18)17-14(2,9-15)12-5-6-12/h3-4,7-8,10,12H,5-6,9,15H2,1-2H3,(H,17,18). The molecule has 1 saturated carbocycles. The minimum Gasteiger partial charge on any atom is -0.349 e. The Morgan fingerprint density at radius 3 is 2.89 bits per heavy atom. The van der Waals surface area contributed by atoms with Crippen molar-refractivity contribution in [2.75, 3.05) is 6.54 Å². The van der Waals surface area contributed by atoms with Crippen LogP contribution in [0, 0.1) is 5.92 Å². The van der Waals surface area contributed by atoms with Gasteiger partial charge in [-0.1, -0.05) is 6.07 Å². The summed E-state index contributed by atoms with van der Waals surface area (Å²) >= 11 is 0. The van der Waals surface area contributed by atoms with E-state index in [0.717, 1.165) is 18.4 Å². The zero-order chi connectivity index (χ0) is 13.2. The molecular weight excluding hydrogens is 226 g/mol. The number of nitrogens with two attached hydrogens (primary N) is 1. The van der Waals surface area contributed by atoms with E-state index in [1.807, 2.05) is 26.0 Å². The molecule has 2 rings (SSSR count). The van der Waals surface area contributed by atoms with Crippen LogP contribution in [-0.4, -0.2) is 23.0 Å². The summed E-state index contributed by atoms with van der Waals surface area (Å²) in [7, 11) is 0. The number of nitrogens with zero attached hydrogens (tertiary/aromatic N) is 1. The third kappa shape index (κ3) is 2.70. The minimum atomic E-state index is -0.256. The summed E-state index contributed by atoms with van der Waals surface area (Å²) in [6, 6.07) is 3.77. The Balaban J connectivity index is 2.03. The summed E-state index contributed by atoms with van der Waals surface area (Å²) in [4.78, 5) is 16.3. The van der Waals surface area contributed by atoms with Crippen LogP contribution in [0.5, 0.6) is 0 Å². The number of pyridine rings is 1. The molecule has 2 atom stereocenters. The SMILES string of the molecule is CC(C(=O)NC(C)(CN)C1CC1)c1cccnc1. The topological polar surface area (TPSA) is 68.0 Å². The average Bonchev–Trinajstić information content (AvgIpc) is 3.23. The maximum Gasteiger partial charge on any atom is 0.227 e. The van der Waals surface area contributed by atoms with Crippen LogP contribution in [0.4, 0.5) is 0 Å². The number of carbonyl (C=O) groups is 1. The molecule has 1 aromatic rings. The van der Waals surface area contributed by atoms with Crippen molar-refractivity contribution in [1.82, 2.24) is 10.3 Å². The van der Waals surface area contributed by atoms with Gasteiger partial charge in [-0.15, -0.1) is 0 Å². The van der Waals surface area contributed by atoms with Gasteiger partial charge in [-0.3, -0.25) is 9.78 Å². The Labute approximate surface area is 108 Å². The number of amides is 1. The van der Waals surface area contributed by atoms with Crippen LogP contribution in [0.1, 0.15) is 38.2 Å². The Bertz CT molecular complexity index is 416. The largest absolute Gasteiger partial charge is 0.349 e. The van der Waals surface area contributed by atoms with Crippen LogP contribution in [0.25, 0.3) is 0 Å². The zero-order valence-electron chi connectivity index (χ0n) is 11.0. The van der Waals surface area contributed by atoms with Crippen molar-refractivity contribution in [3.8, 4) is 0 Å². The van der Waals surface area contributed by atoms with Gasteiger partial charge in [-0.2, -0.15) is 0 Å². The molecule has 18 heavy (non-hydrogen) atoms. The molecule has 4 nitrogen and oxygen atoms in total. The van der Waals surface area contributed by atoms with E-state index in [9.17, 15) is 4.79 Å². The van der Waals surface area contributed by atoms with Gasteiger partial charge in [0.25, 0.3) is 0 Å². The molecule has 1 fully saturated rings. The molecule has 1 aliphatic carbocycles. The predicted octanol–water partition coefficient (Wildman–Crippen LogP) is 1.43. The van der Waals surface area contributed by atoms with Crippen LogP contribution in [0.3, 0.4) is 0 Å². The predicted molar refractivity (Wildman–Crippen MR) is 71.0 cm³/mol. The Morgan fingerprint density at radius 2 is 2.39 bits per heavy atom. The van der Waals surface area contributed by atoms with E-state index in [-0.39, 0.29) is 17.4 Å². The maximum absolute atomic E-state index is 12.3. The van der Waals surface area contributed by atoms with E-state index in [1.165, 1.54) is 0 Å². The van der Waals surface area contributed by atoms with Crippen LogP contribution in [-0.2, 0) is 4.79 Å². The molecule has 1 aliphatic rings. The van der Waals surface area contributed by atoms with E-state index in [2.05, 4.69) is 10.3 Å². The number of aromatic nitrogens is 1. The van der Waals surface area contributed by atoms with Crippen LogP contribution >= 0.6 is 0 Å². The normalized spacial score (nSPS) is 19.9. The molecule has 2 unspecified atom stereocenters. The second kappa shape index (κ2) is 5.06. The fourth-order valence-corrected chi connectivity index (χ4v) is 2.21. The van der Waals surface area contributed by atoms with Crippen LogP contribution < -0.4 is 11.1 Å². The maximum atomic E-state index is 12.3. The first-order valence-electron chi connectivity index (χ1n) is 6.49. The molecule has 1 heterocycles. The summed E-state index contributed by atoms with van der Waals surface area (Å²) in [5.41, 5.74) is 6.49. The van der Waals surface area contributed by atoms with E-state index in [0.29, 0.717) is 12.5 Å². The van der Waals surface area contributed by atoms with Crippen molar-refractivity contribution >= 4 is 5.91 Å². The van der Waals surface area contributed by atoms with Gasteiger partial charge in [-0.05, 0) is 44.2 Å². The first-order chi connectivity index (χ1) is 8.57. The second-order valence-electron chi connectivity index (χ2n) is 5.39. The van der Waals surface area contributed by atoms with Gasteiger partial charge in [0.15, 0.2) is 0 Å². The molecule has 0 aromatic carbocycles. The molecule has 0 spiro atoms. The molecule has 98 valence electrons. The highest BCUT2D eigenvalue weighted by molar-refractivity contribution is 5.83. The van der Waals surface area contributed by atoms with E-state index in [4.69, 9.17) is 5.73 Å². The first-order valence-corrected chi connectivity index (χ1v) is 6.49. The van der Waals surface area contributed by atoms with Crippen LogP contribution in [0.2, 0.25) is 0 Å². The summed E-state index contributed by atoms with van der Waals surface area (Å²) in [5, 5.41) is 3.11. The van der Waals surface area contributed by atoms with Crippen molar-refractivity contribution in [2.45, 2.75) is 38.1 Å². The van der Waals surface area contributed by atoms with Crippen molar-refractivity contribution in [2.24, 2.45) is 11.7 Å². The highest BCUT2D eigenvalue weighted by atomic mass is 16.2. The van der Waals surface area contributed by atoms with Crippen molar-refractivity contribution in [1.29, 1.82) is 0 Å². The van der Waals surface area contributed by atoms with Crippen molar-refractivity contribution in [3.05, 3.63) is 30.1 Å². The fraction of sp³-hybridized carbons (Fsp3) is 0.571. The highest BCUT2D eigenvalue weighted by Gasteiger charge is 2.42. The molecule has 1 aromatic heterocycles. The number of carbonyl (C=O) groups excluding carboxylic acids is 1. The molecule has 1 amide bonds. The Morgan fingerprint density at radius 1 is 1.67 bits per heavy atom. The van der Waals surface area contributed by atoms with Gasteiger partial charge in [0, 0.05) is 18.9 Å². The van der Waals surface area contributed by atoms with Gasteiger partial charge >= 0.3 is 0 Å². The number of hydrogen-bond acceptors (Lipinski definition) is 3. The van der Waals surface area contributed by atoms with Gasteiger partial charge < -0.3 is 11.1 Å². The Kier molecular flexibility index (Phi) is 3.66. The van der Waals surface area contributed by atoms with E-state index < -0.39 is 0 Å². The molecule has 0 saturated heterocycles. The zero-order valence-corrected chi connectivity index (χ0v) is 11.0. The first kappa shape index (κ1) is 13.0. The number of hydrogen-bond donors (Lipinski definition) is 2. The lowest BCUT2D eigenvalue weighted by atomic mass is 9.93. The smallest absolute Gasteiger partial charge is 0.227 e. The van der Waals surface area contributed by atoms with Gasteiger partial charge in [0.05, 0.1) is 11.5 Å². The summed E-state index contributed by atoms with van der Waals surface area (Å²) in [5.74, 6) is 0.374. The number of nitrogens with one attached hydrogen (secondary N) is 1. The van der Waals surface area contributed by atoms with E-state index >= 15 is 0 Å². The molecule has 0 aliphatic heterocycles. The lowest BCUT2D eigenvalue weighted by molar-refractivity contribution is -0.124. The lowest BCUT2D eigenvalue weighted by Gasteiger charge is -2.31. The number of rotatable bonds is 5. The van der Waals surface area contributed by atoms with Gasteiger partial charge in [0.2, 0.25) is 5.91 Å². The monoisotopic (exact) mass is 247 g/mol. The second-order valence-corrected chi connectivity index (χ2v) is 5.39. The molecule has 3 N–H and O–H groups in total. The summed E-state index contributed by atoms with van der Waals surface area (Å²) in [6.45, 7) is 4.43. The highest BCUT2D eigenvalue weighted by Crippen LogP contribution is 2.39. The van der Waals surface area contributed by atoms with Gasteiger partial charge in [-0.25, -0.2) is 0 Å². The molecule has 0 radical (unpaired) electrons. The van der Waals surface area contributed by atoms with Crippen LogP contribution in [0.15, 0.2) is 24.5 Å². The summed E-state index contributed by atoms with van der Waals surface area (Å²) < 4.78 is 0. The quantitative estimate of drug-likeness (QED) is 0.827. The third-order valence-electron chi connectivity index (χ3n) is 3.89.